The molecular weight excluding hydrogens is 90.1 g/mol. The lowest BCUT2D eigenvalue weighted by molar-refractivity contribution is 0.213. The molecule has 0 aliphatic carbocycles. The first-order valence-electron chi connectivity index (χ1n) is 2.42. The number of ether oxygens (including phenoxy) is 1. The van der Waals surface area contributed by atoms with Crippen LogP contribution in [-0.4, -0.2) is 19.4 Å². The Morgan fingerprint density at radius 2 is 2.57 bits per heavy atom. The van der Waals surface area contributed by atoms with E-state index in [1.807, 2.05) is 6.21 Å². The molecule has 1 radical (unpaired) electrons. The van der Waals surface area contributed by atoms with E-state index in [0.717, 1.165) is 19.6 Å². The van der Waals surface area contributed by atoms with Crippen molar-refractivity contribution >= 4 is 6.21 Å². The van der Waals surface area contributed by atoms with Gasteiger partial charge in [0.25, 0.3) is 0 Å². The average Bonchev–Trinajstić information content (AvgIpc) is 1.90. The van der Waals surface area contributed by atoms with Gasteiger partial charge >= 0.3 is 0 Å². The molecule has 1 heterocycles. The van der Waals surface area contributed by atoms with E-state index in [1.54, 1.807) is 6.61 Å². The van der Waals surface area contributed by atoms with E-state index in [1.165, 1.54) is 0 Å². The van der Waals surface area contributed by atoms with Crippen molar-refractivity contribution in [2.45, 2.75) is 6.42 Å². The first-order chi connectivity index (χ1) is 3.50. The third-order valence-corrected chi connectivity index (χ3v) is 0.787. The summed E-state index contributed by atoms with van der Waals surface area (Å²) >= 11 is 0. The second-order valence-corrected chi connectivity index (χ2v) is 1.36. The second kappa shape index (κ2) is 2.75. The van der Waals surface area contributed by atoms with Gasteiger partial charge in [-0.05, 0) is 0 Å². The van der Waals surface area contributed by atoms with Crippen molar-refractivity contribution in [2.75, 3.05) is 13.2 Å². The molecule has 1 aliphatic heterocycles. The largest absolute Gasteiger partial charge is 0.373 e. The highest BCUT2D eigenvalue weighted by atomic mass is 16.5. The Morgan fingerprint density at radius 3 is 3.57 bits per heavy atom. The van der Waals surface area contributed by atoms with Gasteiger partial charge < -0.3 is 4.74 Å². The molecule has 0 amide bonds. The van der Waals surface area contributed by atoms with E-state index in [0.29, 0.717) is 0 Å². The minimum absolute atomic E-state index is 0.747. The molecule has 0 aromatic heterocycles. The van der Waals surface area contributed by atoms with Gasteiger partial charge in [-0.25, -0.2) is 0 Å². The number of hydrogen-bond acceptors (Lipinski definition) is 2. The fourth-order valence-corrected chi connectivity index (χ4v) is 0.466. The summed E-state index contributed by atoms with van der Waals surface area (Å²) < 4.78 is 4.94. The molecule has 0 N–H and O–H groups in total. The highest BCUT2D eigenvalue weighted by molar-refractivity contribution is 5.58. The molecule has 0 bridgehead atoms. The quantitative estimate of drug-likeness (QED) is 0.435. The maximum Gasteiger partial charge on any atom is 0.0890 e. The van der Waals surface area contributed by atoms with E-state index in [9.17, 15) is 0 Å². The molecule has 2 heteroatoms. The summed E-state index contributed by atoms with van der Waals surface area (Å²) in [6.45, 7) is 3.34. The highest BCUT2D eigenvalue weighted by Gasteiger charge is 1.89. The topological polar surface area (TPSA) is 21.6 Å². The van der Waals surface area contributed by atoms with E-state index in [-0.39, 0.29) is 0 Å². The monoisotopic (exact) mass is 98.1 g/mol. The molecule has 7 heavy (non-hydrogen) atoms. The average molecular weight is 98.1 g/mol. The first kappa shape index (κ1) is 4.78. The Bertz CT molecular complexity index is 62.5. The van der Waals surface area contributed by atoms with Crippen LogP contribution in [0.5, 0.6) is 0 Å². The summed E-state index contributed by atoms with van der Waals surface area (Å²) in [5.41, 5.74) is 0. The van der Waals surface area contributed by atoms with Gasteiger partial charge in [0.2, 0.25) is 0 Å². The Kier molecular flexibility index (Phi) is 1.88. The van der Waals surface area contributed by atoms with Crippen LogP contribution in [0.25, 0.3) is 0 Å². The third kappa shape index (κ3) is 1.69. The summed E-state index contributed by atoms with van der Waals surface area (Å²) in [6.07, 6.45) is 2.73. The molecule has 0 atom stereocenters. The zero-order chi connectivity index (χ0) is 4.95. The van der Waals surface area contributed by atoms with E-state index in [4.69, 9.17) is 4.74 Å². The van der Waals surface area contributed by atoms with Crippen molar-refractivity contribution in [2.24, 2.45) is 4.99 Å². The van der Waals surface area contributed by atoms with Crippen LogP contribution >= 0.6 is 0 Å². The molecule has 0 saturated carbocycles. The fraction of sp³-hybridized carbons (Fsp3) is 0.600. The predicted molar refractivity (Wildman–Crippen MR) is 28.2 cm³/mol. The molecular formula is C5H8NO. The maximum atomic E-state index is 4.94. The summed E-state index contributed by atoms with van der Waals surface area (Å²) in [4.78, 5) is 3.99. The minimum Gasteiger partial charge on any atom is -0.373 e. The highest BCUT2D eigenvalue weighted by Crippen LogP contribution is 1.90. The summed E-state index contributed by atoms with van der Waals surface area (Å²) in [7, 11) is 0. The Hall–Kier alpha value is -0.370. The van der Waals surface area contributed by atoms with Gasteiger partial charge in [-0.15, -0.1) is 0 Å². The van der Waals surface area contributed by atoms with E-state index in [2.05, 4.69) is 4.99 Å². The van der Waals surface area contributed by atoms with Gasteiger partial charge in [-0.1, -0.05) is 0 Å². The van der Waals surface area contributed by atoms with E-state index < -0.39 is 0 Å². The van der Waals surface area contributed by atoms with Gasteiger partial charge in [0.15, 0.2) is 0 Å². The molecule has 0 fully saturated rings. The molecule has 0 aromatic carbocycles. The maximum absolute atomic E-state index is 4.94. The zero-order valence-electron chi connectivity index (χ0n) is 4.13. The number of nitrogens with zero attached hydrogens (tertiary/aromatic N) is 1. The summed E-state index contributed by atoms with van der Waals surface area (Å²) in [6, 6.07) is 0. The minimum atomic E-state index is 0.747. The SMILES string of the molecule is [CH]1CC=NCCO1. The van der Waals surface area contributed by atoms with Crippen LogP contribution in [0.2, 0.25) is 0 Å². The summed E-state index contributed by atoms with van der Waals surface area (Å²) in [5.74, 6) is 0. The smallest absolute Gasteiger partial charge is 0.0890 e. The summed E-state index contributed by atoms with van der Waals surface area (Å²) in [5, 5.41) is 0. The van der Waals surface area contributed by atoms with Gasteiger partial charge in [-0.2, -0.15) is 0 Å². The molecule has 2 nitrogen and oxygen atoms in total. The van der Waals surface area contributed by atoms with Crippen molar-refractivity contribution in [3.05, 3.63) is 6.61 Å². The fourth-order valence-electron chi connectivity index (χ4n) is 0.466. The Balaban J connectivity index is 2.20. The van der Waals surface area contributed by atoms with Gasteiger partial charge in [0.1, 0.15) is 0 Å². The van der Waals surface area contributed by atoms with E-state index >= 15 is 0 Å². The molecule has 0 spiro atoms. The normalized spacial score (nSPS) is 21.7. The Labute approximate surface area is 43.2 Å². The van der Waals surface area contributed by atoms with Crippen molar-refractivity contribution < 1.29 is 4.74 Å². The second-order valence-electron chi connectivity index (χ2n) is 1.36. The third-order valence-electron chi connectivity index (χ3n) is 0.787. The molecule has 39 valence electrons. The Morgan fingerprint density at radius 1 is 1.57 bits per heavy atom. The molecule has 1 aliphatic rings. The van der Waals surface area contributed by atoms with Gasteiger partial charge in [0.05, 0.1) is 19.8 Å². The van der Waals surface area contributed by atoms with Crippen LogP contribution in [0.4, 0.5) is 0 Å². The van der Waals surface area contributed by atoms with Gasteiger partial charge in [0, 0.05) is 12.6 Å². The zero-order valence-corrected chi connectivity index (χ0v) is 4.13. The first-order valence-corrected chi connectivity index (χ1v) is 2.42. The van der Waals surface area contributed by atoms with Crippen molar-refractivity contribution in [1.82, 2.24) is 0 Å². The van der Waals surface area contributed by atoms with Crippen molar-refractivity contribution in [3.63, 3.8) is 0 Å². The lowest BCUT2D eigenvalue weighted by Crippen LogP contribution is -1.89. The number of aliphatic imine (C=N–C) groups is 1. The van der Waals surface area contributed by atoms with Crippen LogP contribution in [-0.2, 0) is 4.74 Å². The molecule has 1 rings (SSSR count). The van der Waals surface area contributed by atoms with Crippen LogP contribution in [0.3, 0.4) is 0 Å². The lowest BCUT2D eigenvalue weighted by atomic mass is 10.5. The van der Waals surface area contributed by atoms with Crippen LogP contribution in [0.15, 0.2) is 4.99 Å². The predicted octanol–water partition coefficient (Wildman–Crippen LogP) is 0.639. The standard InChI is InChI=1S/C5H8NO/c1-2-6-3-5-7-4-1/h2,4H,1,3,5H2. The lowest BCUT2D eigenvalue weighted by Gasteiger charge is -1.89. The van der Waals surface area contributed by atoms with Crippen LogP contribution in [0.1, 0.15) is 6.42 Å². The van der Waals surface area contributed by atoms with Crippen molar-refractivity contribution in [1.29, 1.82) is 0 Å². The number of hydrogen-bond donors (Lipinski definition) is 0. The molecule has 0 aromatic rings. The van der Waals surface area contributed by atoms with Crippen molar-refractivity contribution in [3.8, 4) is 0 Å². The molecule has 0 saturated heterocycles. The number of rotatable bonds is 0. The van der Waals surface area contributed by atoms with Crippen LogP contribution in [0, 0.1) is 6.61 Å². The molecule has 0 unspecified atom stereocenters. The van der Waals surface area contributed by atoms with Crippen LogP contribution < -0.4 is 0 Å². The van der Waals surface area contributed by atoms with Gasteiger partial charge in [-0.3, -0.25) is 4.99 Å².